The third-order valence-corrected chi connectivity index (χ3v) is 5.52. The summed E-state index contributed by atoms with van der Waals surface area (Å²) >= 11 is 0. The maximum Gasteiger partial charge on any atom is 0.274 e. The fraction of sp³-hybridized carbons (Fsp3) is 0.0741. The lowest BCUT2D eigenvalue weighted by Gasteiger charge is -2.10. The number of aromatic amines is 1. The molecule has 34 heavy (non-hydrogen) atoms. The van der Waals surface area contributed by atoms with Crippen LogP contribution in [0.1, 0.15) is 23.0 Å². The van der Waals surface area contributed by atoms with Gasteiger partial charge in [0.1, 0.15) is 17.1 Å². The number of nitrogens with one attached hydrogen (secondary N) is 2. The molecule has 0 aliphatic rings. The van der Waals surface area contributed by atoms with Gasteiger partial charge in [0.25, 0.3) is 5.91 Å². The van der Waals surface area contributed by atoms with Crippen molar-refractivity contribution in [2.24, 2.45) is 0 Å². The van der Waals surface area contributed by atoms with Crippen LogP contribution in [0.25, 0.3) is 22.2 Å². The lowest BCUT2D eigenvalue weighted by molar-refractivity contribution is 0.102. The van der Waals surface area contributed by atoms with Crippen LogP contribution in [0.2, 0.25) is 0 Å². The SMILES string of the molecule is CCc1ccc(-c2ccnc(C(=O)Nc3ccc(Oc4ccnc5[nH]ccc45)c(F)c3)c2)cc1. The first-order valence-electron chi connectivity index (χ1n) is 10.9. The highest BCUT2D eigenvalue weighted by atomic mass is 19.1. The molecule has 0 atom stereocenters. The summed E-state index contributed by atoms with van der Waals surface area (Å²) in [4.78, 5) is 24.1. The molecule has 0 aliphatic carbocycles. The van der Waals surface area contributed by atoms with Gasteiger partial charge in [0.15, 0.2) is 11.6 Å². The normalized spacial score (nSPS) is 10.9. The molecule has 5 aromatic rings. The molecule has 0 fully saturated rings. The van der Waals surface area contributed by atoms with Gasteiger partial charge in [-0.3, -0.25) is 9.78 Å². The average molecular weight is 452 g/mol. The molecule has 168 valence electrons. The first-order chi connectivity index (χ1) is 16.6. The number of hydrogen-bond donors (Lipinski definition) is 2. The van der Waals surface area contributed by atoms with E-state index in [1.54, 1.807) is 36.8 Å². The van der Waals surface area contributed by atoms with E-state index in [4.69, 9.17) is 4.74 Å². The molecule has 0 unspecified atom stereocenters. The maximum atomic E-state index is 14.7. The molecule has 5 rings (SSSR count). The Kier molecular flexibility index (Phi) is 5.74. The van der Waals surface area contributed by atoms with Gasteiger partial charge in [-0.25, -0.2) is 9.37 Å². The van der Waals surface area contributed by atoms with Crippen molar-refractivity contribution in [1.82, 2.24) is 15.0 Å². The van der Waals surface area contributed by atoms with E-state index < -0.39 is 11.7 Å². The van der Waals surface area contributed by atoms with Crippen molar-refractivity contribution in [3.8, 4) is 22.6 Å². The molecular weight excluding hydrogens is 431 g/mol. The summed E-state index contributed by atoms with van der Waals surface area (Å²) in [5, 5.41) is 3.45. The van der Waals surface area contributed by atoms with E-state index in [2.05, 4.69) is 39.3 Å². The van der Waals surface area contributed by atoms with Crippen LogP contribution in [0.4, 0.5) is 10.1 Å². The van der Waals surface area contributed by atoms with Gasteiger partial charge in [0.2, 0.25) is 0 Å². The number of carbonyl (C=O) groups excluding carboxylic acids is 1. The van der Waals surface area contributed by atoms with Crippen LogP contribution in [-0.4, -0.2) is 20.9 Å². The zero-order chi connectivity index (χ0) is 23.5. The number of anilines is 1. The van der Waals surface area contributed by atoms with Crippen molar-refractivity contribution >= 4 is 22.6 Å². The molecule has 2 aromatic carbocycles. The third-order valence-electron chi connectivity index (χ3n) is 5.52. The number of rotatable bonds is 6. The molecule has 0 saturated heterocycles. The molecule has 2 N–H and O–H groups in total. The molecule has 0 radical (unpaired) electrons. The van der Waals surface area contributed by atoms with Crippen molar-refractivity contribution in [1.29, 1.82) is 0 Å². The van der Waals surface area contributed by atoms with E-state index in [1.807, 2.05) is 24.3 Å². The van der Waals surface area contributed by atoms with E-state index in [9.17, 15) is 9.18 Å². The Morgan fingerprint density at radius 3 is 2.56 bits per heavy atom. The van der Waals surface area contributed by atoms with Gasteiger partial charge in [0, 0.05) is 30.3 Å². The summed E-state index contributed by atoms with van der Waals surface area (Å²) in [6.45, 7) is 2.10. The molecule has 6 nitrogen and oxygen atoms in total. The first kappa shape index (κ1) is 21.3. The first-order valence-corrected chi connectivity index (χ1v) is 10.9. The average Bonchev–Trinajstić information content (AvgIpc) is 3.36. The minimum atomic E-state index is -0.601. The van der Waals surface area contributed by atoms with Crippen molar-refractivity contribution in [2.45, 2.75) is 13.3 Å². The minimum Gasteiger partial charge on any atom is -0.453 e. The summed E-state index contributed by atoms with van der Waals surface area (Å²) in [6.07, 6.45) is 5.87. The summed E-state index contributed by atoms with van der Waals surface area (Å²) in [5.74, 6) is -0.503. The summed E-state index contributed by atoms with van der Waals surface area (Å²) in [7, 11) is 0. The van der Waals surface area contributed by atoms with Gasteiger partial charge >= 0.3 is 0 Å². The van der Waals surface area contributed by atoms with Gasteiger partial charge in [-0.1, -0.05) is 31.2 Å². The predicted octanol–water partition coefficient (Wildman–Crippen LogP) is 6.37. The molecule has 1 amide bonds. The fourth-order valence-electron chi connectivity index (χ4n) is 3.67. The Labute approximate surface area is 195 Å². The Bertz CT molecular complexity index is 1480. The Balaban J connectivity index is 1.32. The number of nitrogens with zero attached hydrogens (tertiary/aromatic N) is 2. The summed E-state index contributed by atoms with van der Waals surface area (Å²) in [6, 6.07) is 19.5. The van der Waals surface area contributed by atoms with Crippen molar-refractivity contribution < 1.29 is 13.9 Å². The van der Waals surface area contributed by atoms with Crippen LogP contribution >= 0.6 is 0 Å². The van der Waals surface area contributed by atoms with E-state index in [0.29, 0.717) is 17.1 Å². The molecule has 0 bridgehead atoms. The molecule has 0 saturated carbocycles. The van der Waals surface area contributed by atoms with Gasteiger partial charge < -0.3 is 15.0 Å². The number of H-pyrrole nitrogens is 1. The number of aromatic nitrogens is 3. The lowest BCUT2D eigenvalue weighted by Crippen LogP contribution is -2.13. The largest absolute Gasteiger partial charge is 0.453 e. The van der Waals surface area contributed by atoms with Crippen LogP contribution in [0.5, 0.6) is 11.5 Å². The number of benzene rings is 2. The molecular formula is C27H21FN4O2. The van der Waals surface area contributed by atoms with Gasteiger partial charge in [-0.2, -0.15) is 0 Å². The quantitative estimate of drug-likeness (QED) is 0.314. The number of halogens is 1. The zero-order valence-electron chi connectivity index (χ0n) is 18.4. The smallest absolute Gasteiger partial charge is 0.274 e. The van der Waals surface area contributed by atoms with Crippen molar-refractivity contribution in [3.63, 3.8) is 0 Å². The minimum absolute atomic E-state index is 0.0438. The highest BCUT2D eigenvalue weighted by molar-refractivity contribution is 6.03. The van der Waals surface area contributed by atoms with E-state index in [1.165, 1.54) is 17.7 Å². The number of amides is 1. The Morgan fingerprint density at radius 2 is 1.76 bits per heavy atom. The van der Waals surface area contributed by atoms with E-state index in [-0.39, 0.29) is 11.4 Å². The Hall–Kier alpha value is -4.52. The molecule has 0 aliphatic heterocycles. The zero-order valence-corrected chi connectivity index (χ0v) is 18.4. The monoisotopic (exact) mass is 452 g/mol. The second-order valence-electron chi connectivity index (χ2n) is 7.73. The van der Waals surface area contributed by atoms with Crippen molar-refractivity contribution in [2.75, 3.05) is 5.32 Å². The van der Waals surface area contributed by atoms with Gasteiger partial charge in [0.05, 0.1) is 5.39 Å². The van der Waals surface area contributed by atoms with Crippen LogP contribution in [0.15, 0.2) is 85.3 Å². The Morgan fingerprint density at radius 1 is 0.941 bits per heavy atom. The maximum absolute atomic E-state index is 14.7. The summed E-state index contributed by atoms with van der Waals surface area (Å²) < 4.78 is 20.5. The highest BCUT2D eigenvalue weighted by Crippen LogP contribution is 2.31. The highest BCUT2D eigenvalue weighted by Gasteiger charge is 2.13. The summed E-state index contributed by atoms with van der Waals surface area (Å²) in [5.41, 5.74) is 4.31. The number of fused-ring (bicyclic) bond motifs is 1. The second kappa shape index (κ2) is 9.15. The topological polar surface area (TPSA) is 79.9 Å². The van der Waals surface area contributed by atoms with E-state index >= 15 is 0 Å². The second-order valence-corrected chi connectivity index (χ2v) is 7.73. The molecule has 3 aromatic heterocycles. The number of aryl methyl sites for hydroxylation is 1. The van der Waals surface area contributed by atoms with Crippen molar-refractivity contribution in [3.05, 3.63) is 102 Å². The van der Waals surface area contributed by atoms with Crippen LogP contribution < -0.4 is 10.1 Å². The number of pyridine rings is 2. The number of ether oxygens (including phenoxy) is 1. The standard InChI is InChI=1S/C27H21FN4O2/c1-2-17-3-5-18(6-4-17)19-9-12-29-23(15-19)27(33)32-20-7-8-25(22(28)16-20)34-24-11-14-31-26-21(24)10-13-30-26/h3-16H,2H2,1H3,(H,30,31)(H,32,33). The van der Waals surface area contributed by atoms with Crippen LogP contribution in [0, 0.1) is 5.82 Å². The molecule has 3 heterocycles. The molecule has 7 heteroatoms. The predicted molar refractivity (Wildman–Crippen MR) is 130 cm³/mol. The fourth-order valence-corrected chi connectivity index (χ4v) is 3.67. The van der Waals surface area contributed by atoms with Crippen LogP contribution in [-0.2, 0) is 6.42 Å². The molecule has 0 spiro atoms. The number of carbonyl (C=O) groups is 1. The lowest BCUT2D eigenvalue weighted by atomic mass is 10.0. The third kappa shape index (κ3) is 4.36. The van der Waals surface area contributed by atoms with Gasteiger partial charge in [-0.05, 0) is 59.5 Å². The van der Waals surface area contributed by atoms with E-state index in [0.717, 1.165) is 22.9 Å². The van der Waals surface area contributed by atoms with Gasteiger partial charge in [-0.15, -0.1) is 0 Å². The number of hydrogen-bond acceptors (Lipinski definition) is 4. The van der Waals surface area contributed by atoms with Crippen LogP contribution in [0.3, 0.4) is 0 Å².